The zero-order valence-electron chi connectivity index (χ0n) is 13.7. The molecule has 2 rings (SSSR count). The third kappa shape index (κ3) is 4.72. The van der Waals surface area contributed by atoms with Crippen molar-refractivity contribution in [3.8, 4) is 0 Å². The van der Waals surface area contributed by atoms with Gasteiger partial charge in [-0.15, -0.1) is 0 Å². The maximum Gasteiger partial charge on any atom is 0.224 e. The van der Waals surface area contributed by atoms with Crippen LogP contribution in [0.25, 0.3) is 0 Å². The Kier molecular flexibility index (Phi) is 6.27. The molecular formula is C18H27ClN2O. The Hall–Kier alpha value is -1.06. The minimum atomic E-state index is 0.0906. The molecule has 0 aromatic heterocycles. The van der Waals surface area contributed by atoms with Gasteiger partial charge in [-0.1, -0.05) is 49.4 Å². The highest BCUT2D eigenvalue weighted by Gasteiger charge is 2.33. The monoisotopic (exact) mass is 322 g/mol. The molecular weight excluding hydrogens is 296 g/mol. The van der Waals surface area contributed by atoms with Gasteiger partial charge >= 0.3 is 0 Å². The van der Waals surface area contributed by atoms with Crippen LogP contribution in [0.4, 0.5) is 0 Å². The van der Waals surface area contributed by atoms with Gasteiger partial charge in [0.15, 0.2) is 0 Å². The van der Waals surface area contributed by atoms with Crippen molar-refractivity contribution >= 4 is 17.5 Å². The summed E-state index contributed by atoms with van der Waals surface area (Å²) in [6.07, 6.45) is 7.89. The summed E-state index contributed by atoms with van der Waals surface area (Å²) in [5.74, 6) is 0.0906. The molecule has 1 fully saturated rings. The van der Waals surface area contributed by atoms with Crippen LogP contribution in [0.3, 0.4) is 0 Å². The lowest BCUT2D eigenvalue weighted by atomic mass is 9.88. The zero-order valence-corrected chi connectivity index (χ0v) is 14.5. The summed E-state index contributed by atoms with van der Waals surface area (Å²) in [6, 6.07) is 7.48. The number of halogens is 1. The number of hydrogen-bond acceptors (Lipinski definition) is 2. The Morgan fingerprint density at radius 2 is 1.73 bits per heavy atom. The van der Waals surface area contributed by atoms with E-state index in [1.165, 1.54) is 38.5 Å². The van der Waals surface area contributed by atoms with Gasteiger partial charge in [0.25, 0.3) is 0 Å². The Balaban J connectivity index is 1.91. The summed E-state index contributed by atoms with van der Waals surface area (Å²) in [4.78, 5) is 14.5. The SMILES string of the molecule is CN(C)C1(CNC(=O)Cc2ccc(Cl)cc2)CCCCCC1. The third-order valence-corrected chi connectivity index (χ3v) is 5.13. The van der Waals surface area contributed by atoms with E-state index in [9.17, 15) is 4.79 Å². The minimum absolute atomic E-state index is 0.0906. The number of carbonyl (C=O) groups is 1. The normalized spacial score (nSPS) is 18.0. The van der Waals surface area contributed by atoms with Gasteiger partial charge in [0, 0.05) is 17.1 Å². The molecule has 0 radical (unpaired) electrons. The van der Waals surface area contributed by atoms with Crippen LogP contribution in [-0.2, 0) is 11.2 Å². The number of amides is 1. The van der Waals surface area contributed by atoms with E-state index < -0.39 is 0 Å². The number of nitrogens with one attached hydrogen (secondary N) is 1. The summed E-state index contributed by atoms with van der Waals surface area (Å²) in [7, 11) is 4.27. The van der Waals surface area contributed by atoms with Crippen LogP contribution in [0.2, 0.25) is 5.02 Å². The molecule has 4 heteroatoms. The van der Waals surface area contributed by atoms with E-state index in [-0.39, 0.29) is 11.4 Å². The highest BCUT2D eigenvalue weighted by Crippen LogP contribution is 2.30. The molecule has 1 aromatic carbocycles. The van der Waals surface area contributed by atoms with Crippen molar-refractivity contribution in [3.63, 3.8) is 0 Å². The highest BCUT2D eigenvalue weighted by atomic mass is 35.5. The molecule has 1 amide bonds. The van der Waals surface area contributed by atoms with Crippen LogP contribution >= 0.6 is 11.6 Å². The molecule has 0 spiro atoms. The number of hydrogen-bond donors (Lipinski definition) is 1. The largest absolute Gasteiger partial charge is 0.354 e. The van der Waals surface area contributed by atoms with Gasteiger partial charge in [0.05, 0.1) is 6.42 Å². The second kappa shape index (κ2) is 7.98. The molecule has 1 aromatic rings. The second-order valence-corrected chi connectivity index (χ2v) is 7.05. The van der Waals surface area contributed by atoms with Gasteiger partial charge in [0.1, 0.15) is 0 Å². The number of likely N-dealkylation sites (N-methyl/N-ethyl adjacent to an activating group) is 1. The molecule has 1 N–H and O–H groups in total. The molecule has 0 heterocycles. The van der Waals surface area contributed by atoms with Gasteiger partial charge in [-0.3, -0.25) is 4.79 Å². The van der Waals surface area contributed by atoms with Crippen LogP contribution < -0.4 is 5.32 Å². The molecule has 0 bridgehead atoms. The van der Waals surface area contributed by atoms with E-state index in [1.54, 1.807) is 0 Å². The molecule has 3 nitrogen and oxygen atoms in total. The molecule has 1 saturated carbocycles. The Morgan fingerprint density at radius 3 is 2.27 bits per heavy atom. The Labute approximate surface area is 139 Å². The lowest BCUT2D eigenvalue weighted by Crippen LogP contribution is -2.52. The molecule has 1 aliphatic carbocycles. The summed E-state index contributed by atoms with van der Waals surface area (Å²) < 4.78 is 0. The third-order valence-electron chi connectivity index (χ3n) is 4.88. The molecule has 1 aliphatic rings. The predicted molar refractivity (Wildman–Crippen MR) is 92.3 cm³/mol. The fourth-order valence-electron chi connectivity index (χ4n) is 3.28. The van der Waals surface area contributed by atoms with E-state index >= 15 is 0 Å². The van der Waals surface area contributed by atoms with E-state index in [2.05, 4.69) is 24.3 Å². The fourth-order valence-corrected chi connectivity index (χ4v) is 3.41. The average Bonchev–Trinajstić information content (AvgIpc) is 2.74. The number of benzene rings is 1. The fraction of sp³-hybridized carbons (Fsp3) is 0.611. The predicted octanol–water partition coefficient (Wildman–Crippen LogP) is 3.65. The van der Waals surface area contributed by atoms with Gasteiger partial charge in [-0.05, 0) is 44.6 Å². The van der Waals surface area contributed by atoms with E-state index in [1.807, 2.05) is 24.3 Å². The van der Waals surface area contributed by atoms with Crippen LogP contribution in [0, 0.1) is 0 Å². The zero-order chi connectivity index (χ0) is 16.0. The van der Waals surface area contributed by atoms with Crippen molar-refractivity contribution in [1.82, 2.24) is 10.2 Å². The number of carbonyl (C=O) groups excluding carboxylic acids is 1. The molecule has 22 heavy (non-hydrogen) atoms. The van der Waals surface area contributed by atoms with Crippen molar-refractivity contribution in [3.05, 3.63) is 34.9 Å². The number of rotatable bonds is 5. The topological polar surface area (TPSA) is 32.3 Å². The van der Waals surface area contributed by atoms with Crippen molar-refractivity contribution < 1.29 is 4.79 Å². The first-order chi connectivity index (χ1) is 10.5. The molecule has 0 atom stereocenters. The van der Waals surface area contributed by atoms with Crippen LogP contribution in [-0.4, -0.2) is 37.0 Å². The average molecular weight is 323 g/mol. The molecule has 0 unspecified atom stereocenters. The summed E-state index contributed by atoms with van der Waals surface area (Å²) in [5.41, 5.74) is 1.12. The highest BCUT2D eigenvalue weighted by molar-refractivity contribution is 6.30. The van der Waals surface area contributed by atoms with E-state index in [4.69, 9.17) is 11.6 Å². The summed E-state index contributed by atoms with van der Waals surface area (Å²) in [6.45, 7) is 0.742. The molecule has 122 valence electrons. The summed E-state index contributed by atoms with van der Waals surface area (Å²) in [5, 5.41) is 3.85. The van der Waals surface area contributed by atoms with Crippen molar-refractivity contribution in [2.45, 2.75) is 50.5 Å². The Bertz CT molecular complexity index is 476. The lowest BCUT2D eigenvalue weighted by molar-refractivity contribution is -0.121. The van der Waals surface area contributed by atoms with Crippen LogP contribution in [0.15, 0.2) is 24.3 Å². The molecule has 0 aliphatic heterocycles. The van der Waals surface area contributed by atoms with Crippen molar-refractivity contribution in [2.75, 3.05) is 20.6 Å². The first-order valence-electron chi connectivity index (χ1n) is 8.20. The standard InChI is InChI=1S/C18H27ClN2O/c1-21(2)18(11-5-3-4-6-12-18)14-20-17(22)13-15-7-9-16(19)10-8-15/h7-10H,3-6,11-14H2,1-2H3,(H,20,22). The van der Waals surface area contributed by atoms with Gasteiger partial charge in [-0.25, -0.2) is 0 Å². The van der Waals surface area contributed by atoms with Gasteiger partial charge < -0.3 is 10.2 Å². The smallest absolute Gasteiger partial charge is 0.224 e. The maximum absolute atomic E-state index is 12.2. The van der Waals surface area contributed by atoms with Crippen LogP contribution in [0.1, 0.15) is 44.1 Å². The van der Waals surface area contributed by atoms with Gasteiger partial charge in [0.2, 0.25) is 5.91 Å². The quantitative estimate of drug-likeness (QED) is 0.839. The van der Waals surface area contributed by atoms with Crippen molar-refractivity contribution in [1.29, 1.82) is 0 Å². The van der Waals surface area contributed by atoms with E-state index in [0.29, 0.717) is 11.4 Å². The van der Waals surface area contributed by atoms with Crippen molar-refractivity contribution in [2.24, 2.45) is 0 Å². The summed E-state index contributed by atoms with van der Waals surface area (Å²) >= 11 is 5.87. The first-order valence-corrected chi connectivity index (χ1v) is 8.58. The Morgan fingerprint density at radius 1 is 1.14 bits per heavy atom. The van der Waals surface area contributed by atoms with E-state index in [0.717, 1.165) is 12.1 Å². The first kappa shape index (κ1) is 17.3. The lowest BCUT2D eigenvalue weighted by Gasteiger charge is -2.39. The molecule has 0 saturated heterocycles. The minimum Gasteiger partial charge on any atom is -0.354 e. The van der Waals surface area contributed by atoms with Crippen LogP contribution in [0.5, 0.6) is 0 Å². The second-order valence-electron chi connectivity index (χ2n) is 6.61. The maximum atomic E-state index is 12.2. The van der Waals surface area contributed by atoms with Gasteiger partial charge in [-0.2, -0.15) is 0 Å². The number of nitrogens with zero attached hydrogens (tertiary/aromatic N) is 1.